The predicted octanol–water partition coefficient (Wildman–Crippen LogP) is 17.2. The van der Waals surface area contributed by atoms with Crippen molar-refractivity contribution in [1.82, 2.24) is 0 Å². The highest BCUT2D eigenvalue weighted by molar-refractivity contribution is 7.45. The molecule has 0 aromatic rings. The number of quaternary nitrogens is 1. The van der Waals surface area contributed by atoms with Crippen LogP contribution < -0.4 is 4.89 Å². The third-order valence-electron chi connectivity index (χ3n) is 12.1. The van der Waals surface area contributed by atoms with Gasteiger partial charge in [0.1, 0.15) is 19.8 Å². The van der Waals surface area contributed by atoms with E-state index in [1.807, 2.05) is 21.1 Å². The van der Waals surface area contributed by atoms with Crippen molar-refractivity contribution in [3.8, 4) is 0 Å². The van der Waals surface area contributed by atoms with Crippen LogP contribution in [-0.4, -0.2) is 70.0 Å². The second-order valence-electron chi connectivity index (χ2n) is 20.3. The Kier molecular flexibility index (Phi) is 50.0. The van der Waals surface area contributed by atoms with Crippen LogP contribution in [0.15, 0.2) is 85.1 Å². The number of ether oxygens (including phenoxy) is 2. The molecule has 0 fully saturated rings. The number of unbranched alkanes of at least 4 members (excludes halogenated alkanes) is 24. The number of phosphoric ester groups is 1. The quantitative estimate of drug-likeness (QED) is 0.0195. The predicted molar refractivity (Wildman–Crippen MR) is 300 cm³/mol. The maximum atomic E-state index is 12.8. The summed E-state index contributed by atoms with van der Waals surface area (Å²) in [6.45, 7) is 4.05. The van der Waals surface area contributed by atoms with Crippen molar-refractivity contribution < 1.29 is 42.1 Å². The minimum Gasteiger partial charge on any atom is -0.756 e. The van der Waals surface area contributed by atoms with Crippen molar-refractivity contribution in [1.29, 1.82) is 0 Å². The van der Waals surface area contributed by atoms with Crippen molar-refractivity contribution in [2.24, 2.45) is 0 Å². The third-order valence-corrected chi connectivity index (χ3v) is 13.1. The first-order valence-electron chi connectivity index (χ1n) is 28.8. The summed E-state index contributed by atoms with van der Waals surface area (Å²) in [5, 5.41) is 0. The fourth-order valence-electron chi connectivity index (χ4n) is 7.72. The first-order chi connectivity index (χ1) is 34.5. The molecular formula is C61H108NO8P. The number of hydrogen-bond acceptors (Lipinski definition) is 8. The maximum Gasteiger partial charge on any atom is 0.306 e. The van der Waals surface area contributed by atoms with Gasteiger partial charge < -0.3 is 27.9 Å². The molecule has 0 amide bonds. The summed E-state index contributed by atoms with van der Waals surface area (Å²) < 4.78 is 34.0. The Bertz CT molecular complexity index is 1470. The second-order valence-corrected chi connectivity index (χ2v) is 21.7. The molecule has 0 aromatic heterocycles. The molecule has 0 N–H and O–H groups in total. The lowest BCUT2D eigenvalue weighted by atomic mass is 10.0. The number of esters is 2. The van der Waals surface area contributed by atoms with Gasteiger partial charge in [-0.15, -0.1) is 0 Å². The monoisotopic (exact) mass is 1010 g/mol. The van der Waals surface area contributed by atoms with Gasteiger partial charge in [-0.25, -0.2) is 0 Å². The average molecular weight is 1010 g/mol. The van der Waals surface area contributed by atoms with E-state index in [-0.39, 0.29) is 26.1 Å². The van der Waals surface area contributed by atoms with E-state index in [1.165, 1.54) is 103 Å². The molecule has 9 nitrogen and oxygen atoms in total. The first-order valence-corrected chi connectivity index (χ1v) is 30.3. The summed E-state index contributed by atoms with van der Waals surface area (Å²) in [6.07, 6.45) is 69.5. The number of rotatable bonds is 52. The van der Waals surface area contributed by atoms with Crippen molar-refractivity contribution in [3.05, 3.63) is 85.1 Å². The number of likely N-dealkylation sites (N-methyl/N-ethyl adjacent to an activating group) is 1. The van der Waals surface area contributed by atoms with Gasteiger partial charge in [0, 0.05) is 12.8 Å². The highest BCUT2D eigenvalue weighted by atomic mass is 31.2. The van der Waals surface area contributed by atoms with E-state index in [2.05, 4.69) is 98.9 Å². The van der Waals surface area contributed by atoms with Gasteiger partial charge in [-0.05, 0) is 83.5 Å². The highest BCUT2D eigenvalue weighted by Crippen LogP contribution is 2.38. The zero-order chi connectivity index (χ0) is 52.0. The van der Waals surface area contributed by atoms with Crippen LogP contribution >= 0.6 is 7.82 Å². The number of hydrogen-bond donors (Lipinski definition) is 0. The Labute approximate surface area is 437 Å². The van der Waals surface area contributed by atoms with Crippen LogP contribution in [-0.2, 0) is 32.7 Å². The largest absolute Gasteiger partial charge is 0.756 e. The fourth-order valence-corrected chi connectivity index (χ4v) is 8.45. The molecule has 0 aliphatic rings. The average Bonchev–Trinajstić information content (AvgIpc) is 3.33. The lowest BCUT2D eigenvalue weighted by molar-refractivity contribution is -0.870. The van der Waals surface area contributed by atoms with Gasteiger partial charge in [-0.2, -0.15) is 0 Å². The Morgan fingerprint density at radius 2 is 0.803 bits per heavy atom. The molecule has 0 saturated carbocycles. The van der Waals surface area contributed by atoms with Gasteiger partial charge in [-0.1, -0.05) is 227 Å². The van der Waals surface area contributed by atoms with Crippen molar-refractivity contribution in [2.75, 3.05) is 47.5 Å². The molecule has 0 aliphatic carbocycles. The van der Waals surface area contributed by atoms with Crippen LogP contribution in [0, 0.1) is 0 Å². The smallest absolute Gasteiger partial charge is 0.306 e. The zero-order valence-corrected chi connectivity index (χ0v) is 47.3. The van der Waals surface area contributed by atoms with Crippen LogP contribution in [0.5, 0.6) is 0 Å². The summed E-state index contributed by atoms with van der Waals surface area (Å²) in [7, 11) is 1.16. The standard InChI is InChI=1S/C61H108NO8P/c1-6-8-10-12-14-16-18-19-20-21-22-23-24-25-26-27-28-29-30-31-32-33-34-35-36-37-38-39-40-41-42-43-44-46-48-50-52-54-61(64)70-59(58-69-71(65,66)68-56-55-62(3,4)5)57-67-60(63)53-51-49-47-45-17-15-13-11-9-7-2/h8,10-11,13-14,16,19-20,22-23,25-26,28-29,59H,6-7,9,12,15,17-18,21,24,27,30-58H2,1-5H3/b10-8-,13-11-,16-14-,20-19-,23-22-,26-25-,29-28-. The molecular weight excluding hydrogens is 906 g/mol. The summed E-state index contributed by atoms with van der Waals surface area (Å²) >= 11 is 0. The molecule has 0 aliphatic heterocycles. The second kappa shape index (κ2) is 52.1. The van der Waals surface area contributed by atoms with Crippen LogP contribution in [0.1, 0.15) is 239 Å². The summed E-state index contributed by atoms with van der Waals surface area (Å²) in [5.41, 5.74) is 0. The molecule has 0 saturated heterocycles. The van der Waals surface area contributed by atoms with E-state index in [0.717, 1.165) is 103 Å². The summed E-state index contributed by atoms with van der Waals surface area (Å²) in [4.78, 5) is 37.6. The Morgan fingerprint density at radius 3 is 1.21 bits per heavy atom. The van der Waals surface area contributed by atoms with E-state index in [0.29, 0.717) is 17.4 Å². The summed E-state index contributed by atoms with van der Waals surface area (Å²) in [6, 6.07) is 0. The van der Waals surface area contributed by atoms with E-state index in [9.17, 15) is 19.0 Å². The van der Waals surface area contributed by atoms with E-state index >= 15 is 0 Å². The number of phosphoric acid groups is 1. The molecule has 0 rings (SSSR count). The molecule has 2 unspecified atom stereocenters. The van der Waals surface area contributed by atoms with Crippen LogP contribution in [0.2, 0.25) is 0 Å². The minimum atomic E-state index is -4.63. The number of carbonyl (C=O) groups excluding carboxylic acids is 2. The Balaban J connectivity index is 3.94. The van der Waals surface area contributed by atoms with Gasteiger partial charge >= 0.3 is 11.9 Å². The third kappa shape index (κ3) is 56.3. The van der Waals surface area contributed by atoms with Gasteiger partial charge in [0.2, 0.25) is 0 Å². The first kappa shape index (κ1) is 68.2. The van der Waals surface area contributed by atoms with Gasteiger partial charge in [-0.3, -0.25) is 14.2 Å². The summed E-state index contributed by atoms with van der Waals surface area (Å²) in [5.74, 6) is -0.844. The SMILES string of the molecule is CC/C=C\C/C=C\C/C=C\C/C=C\C/C=C\C/C=C\CCCCCCCCCCCCCCCCCCCCC(=O)OC(COC(=O)CCCCCCC/C=C\CCC)COP(=O)([O-])OCC[N+](C)(C)C. The maximum absolute atomic E-state index is 12.8. The zero-order valence-electron chi connectivity index (χ0n) is 46.4. The lowest BCUT2D eigenvalue weighted by Crippen LogP contribution is -2.37. The molecule has 0 spiro atoms. The molecule has 0 bridgehead atoms. The van der Waals surface area contributed by atoms with Crippen molar-refractivity contribution in [2.45, 2.75) is 245 Å². The fraction of sp³-hybridized carbons (Fsp3) is 0.738. The molecule has 410 valence electrons. The van der Waals surface area contributed by atoms with Crippen LogP contribution in [0.25, 0.3) is 0 Å². The molecule has 0 aromatic carbocycles. The van der Waals surface area contributed by atoms with Gasteiger partial charge in [0.15, 0.2) is 6.10 Å². The molecule has 0 radical (unpaired) electrons. The van der Waals surface area contributed by atoms with E-state index < -0.39 is 32.5 Å². The highest BCUT2D eigenvalue weighted by Gasteiger charge is 2.21. The van der Waals surface area contributed by atoms with Crippen LogP contribution in [0.3, 0.4) is 0 Å². The number of allylic oxidation sites excluding steroid dienone is 14. The lowest BCUT2D eigenvalue weighted by Gasteiger charge is -2.28. The van der Waals surface area contributed by atoms with Gasteiger partial charge in [0.25, 0.3) is 7.82 Å². The molecule has 10 heteroatoms. The van der Waals surface area contributed by atoms with Crippen molar-refractivity contribution >= 4 is 19.8 Å². The minimum absolute atomic E-state index is 0.0334. The molecule has 0 heterocycles. The van der Waals surface area contributed by atoms with Crippen molar-refractivity contribution in [3.63, 3.8) is 0 Å². The van der Waals surface area contributed by atoms with Gasteiger partial charge in [0.05, 0.1) is 27.7 Å². The van der Waals surface area contributed by atoms with E-state index in [4.69, 9.17) is 18.5 Å². The number of carbonyl (C=O) groups is 2. The van der Waals surface area contributed by atoms with Crippen LogP contribution in [0.4, 0.5) is 0 Å². The molecule has 71 heavy (non-hydrogen) atoms. The topological polar surface area (TPSA) is 111 Å². The number of nitrogens with zero attached hydrogens (tertiary/aromatic N) is 1. The Morgan fingerprint density at radius 1 is 0.451 bits per heavy atom. The van der Waals surface area contributed by atoms with E-state index in [1.54, 1.807) is 0 Å². The Hall–Kier alpha value is -2.81. The molecule has 2 atom stereocenters. The normalized spacial score (nSPS) is 13.9.